The molecule has 0 amide bonds. The second kappa shape index (κ2) is 12.3. The van der Waals surface area contributed by atoms with Crippen LogP contribution >= 0.6 is 0 Å². The van der Waals surface area contributed by atoms with Gasteiger partial charge in [0.1, 0.15) is 0 Å². The van der Waals surface area contributed by atoms with E-state index >= 15 is 0 Å². The summed E-state index contributed by atoms with van der Waals surface area (Å²) in [5.41, 5.74) is 0. The fraction of sp³-hybridized carbons (Fsp3) is 0.429. The first-order valence-corrected chi connectivity index (χ1v) is 3.18. The van der Waals surface area contributed by atoms with Crippen LogP contribution in [0.1, 0.15) is 20.3 Å². The molecule has 0 aliphatic rings. The van der Waals surface area contributed by atoms with Crippen LogP contribution in [0.3, 0.4) is 0 Å². The quantitative estimate of drug-likeness (QED) is 0.550. The van der Waals surface area contributed by atoms with Crippen LogP contribution in [0.4, 0.5) is 0 Å². The predicted octanol–water partition coefficient (Wildman–Crippen LogP) is 1.29. The number of carboxylic acids is 2. The molecule has 0 fully saturated rings. The summed E-state index contributed by atoms with van der Waals surface area (Å²) in [5.74, 6) is -2.51. The molecule has 0 saturated heterocycles. The second-order valence-corrected chi connectivity index (χ2v) is 1.72. The summed E-state index contributed by atoms with van der Waals surface area (Å²) in [6.45, 7) is 4.25. The van der Waals surface area contributed by atoms with Crippen LogP contribution in [0, 0.1) is 0 Å². The van der Waals surface area contributed by atoms with Gasteiger partial charge in [-0.1, -0.05) is 20.3 Å². The highest BCUT2D eigenvalue weighted by molar-refractivity contribution is 5.89. The molecular formula is C7H15NO4. The lowest BCUT2D eigenvalue weighted by Gasteiger charge is -1.74. The van der Waals surface area contributed by atoms with Crippen molar-refractivity contribution in [1.82, 2.24) is 6.15 Å². The van der Waals surface area contributed by atoms with E-state index in [-0.39, 0.29) is 6.15 Å². The Balaban J connectivity index is -0.000000177. The summed E-state index contributed by atoms with van der Waals surface area (Å²) < 4.78 is 0. The zero-order valence-electron chi connectivity index (χ0n) is 7.28. The van der Waals surface area contributed by atoms with Crippen LogP contribution in [0.5, 0.6) is 0 Å². The molecule has 0 unspecified atom stereocenters. The third-order valence-corrected chi connectivity index (χ3v) is 0.368. The largest absolute Gasteiger partial charge is 0.478 e. The molecule has 5 nitrogen and oxygen atoms in total. The zero-order chi connectivity index (χ0) is 9.28. The van der Waals surface area contributed by atoms with Gasteiger partial charge in [-0.3, -0.25) is 0 Å². The van der Waals surface area contributed by atoms with Crippen LogP contribution in [0.25, 0.3) is 0 Å². The molecule has 0 aromatic carbocycles. The van der Waals surface area contributed by atoms with Crippen molar-refractivity contribution in [3.63, 3.8) is 0 Å². The summed E-state index contributed by atoms with van der Waals surface area (Å²) in [4.78, 5) is 19.1. The van der Waals surface area contributed by atoms with E-state index in [4.69, 9.17) is 10.2 Å². The summed E-state index contributed by atoms with van der Waals surface area (Å²) in [7, 11) is 0. The molecule has 0 rings (SSSR count). The maximum atomic E-state index is 9.55. The Morgan fingerprint density at radius 2 is 1.25 bits per heavy atom. The lowest BCUT2D eigenvalue weighted by molar-refractivity contribution is -0.134. The van der Waals surface area contributed by atoms with Crippen LogP contribution in [0.2, 0.25) is 0 Å². The van der Waals surface area contributed by atoms with Gasteiger partial charge in [-0.25, -0.2) is 9.59 Å². The third kappa shape index (κ3) is 38.1. The van der Waals surface area contributed by atoms with E-state index in [1.807, 2.05) is 0 Å². The van der Waals surface area contributed by atoms with Crippen molar-refractivity contribution in [3.8, 4) is 0 Å². The van der Waals surface area contributed by atoms with E-state index in [9.17, 15) is 9.59 Å². The summed E-state index contributed by atoms with van der Waals surface area (Å²) in [5, 5.41) is 15.6. The van der Waals surface area contributed by atoms with Crippen molar-refractivity contribution in [2.45, 2.75) is 20.3 Å². The molecule has 12 heavy (non-hydrogen) atoms. The fourth-order valence-corrected chi connectivity index (χ4v) is 0.143. The number of carboxylic acid groups (broad SMARTS) is 2. The van der Waals surface area contributed by atoms with E-state index in [1.54, 1.807) is 0 Å². The number of hydrogen-bond donors (Lipinski definition) is 3. The molecule has 0 aliphatic heterocycles. The molecule has 72 valence electrons. The second-order valence-electron chi connectivity index (χ2n) is 1.72. The minimum atomic E-state index is -1.26. The Labute approximate surface area is 71.3 Å². The van der Waals surface area contributed by atoms with Gasteiger partial charge in [0.2, 0.25) is 0 Å². The Bertz CT molecular complexity index is 137. The third-order valence-electron chi connectivity index (χ3n) is 0.368. The normalized spacial score (nSPS) is 7.83. The van der Waals surface area contributed by atoms with Crippen molar-refractivity contribution < 1.29 is 19.8 Å². The molecule has 0 bridgehead atoms. The highest BCUT2D eigenvalue weighted by Gasteiger charge is 1.88. The Kier molecular flexibility index (Phi) is 17.4. The molecule has 5 heteroatoms. The van der Waals surface area contributed by atoms with Gasteiger partial charge >= 0.3 is 11.9 Å². The summed E-state index contributed by atoms with van der Waals surface area (Å²) in [6, 6.07) is 0. The van der Waals surface area contributed by atoms with Gasteiger partial charge in [-0.2, -0.15) is 0 Å². The predicted molar refractivity (Wildman–Crippen MR) is 45.4 cm³/mol. The molecule has 5 N–H and O–H groups in total. The maximum absolute atomic E-state index is 9.55. The first kappa shape index (κ1) is 16.9. The van der Waals surface area contributed by atoms with Gasteiger partial charge in [-0.05, 0) is 0 Å². The molecule has 0 aromatic rings. The van der Waals surface area contributed by atoms with Gasteiger partial charge in [0, 0.05) is 12.2 Å². The molecular weight excluding hydrogens is 162 g/mol. The lowest BCUT2D eigenvalue weighted by Crippen LogP contribution is -1.91. The van der Waals surface area contributed by atoms with Crippen LogP contribution < -0.4 is 6.15 Å². The SMILES string of the molecule is CCC.N.O=C(O)/C=C/C(=O)O. The molecule has 0 aromatic heterocycles. The van der Waals surface area contributed by atoms with Crippen molar-refractivity contribution in [2.24, 2.45) is 0 Å². The van der Waals surface area contributed by atoms with E-state index in [0.717, 1.165) is 0 Å². The van der Waals surface area contributed by atoms with Crippen LogP contribution in [-0.4, -0.2) is 22.2 Å². The monoisotopic (exact) mass is 177 g/mol. The van der Waals surface area contributed by atoms with Crippen LogP contribution in [-0.2, 0) is 9.59 Å². The Hall–Kier alpha value is -1.36. The Morgan fingerprint density at radius 1 is 1.08 bits per heavy atom. The highest BCUT2D eigenvalue weighted by atomic mass is 16.4. The summed E-state index contributed by atoms with van der Waals surface area (Å²) >= 11 is 0. The highest BCUT2D eigenvalue weighted by Crippen LogP contribution is 1.70. The van der Waals surface area contributed by atoms with Gasteiger partial charge in [-0.15, -0.1) is 0 Å². The van der Waals surface area contributed by atoms with Gasteiger partial charge in [0.15, 0.2) is 0 Å². The van der Waals surface area contributed by atoms with E-state index < -0.39 is 11.9 Å². The topological polar surface area (TPSA) is 110 Å². The minimum Gasteiger partial charge on any atom is -0.478 e. The molecule has 0 aliphatic carbocycles. The first-order chi connectivity index (χ1) is 5.04. The maximum Gasteiger partial charge on any atom is 0.328 e. The number of carbonyl (C=O) groups is 2. The summed E-state index contributed by atoms with van der Waals surface area (Å²) in [6.07, 6.45) is 2.37. The van der Waals surface area contributed by atoms with Crippen molar-refractivity contribution >= 4 is 11.9 Å². The lowest BCUT2D eigenvalue weighted by atomic mass is 10.5. The van der Waals surface area contributed by atoms with Crippen molar-refractivity contribution in [2.75, 3.05) is 0 Å². The van der Waals surface area contributed by atoms with Crippen molar-refractivity contribution in [1.29, 1.82) is 0 Å². The minimum absolute atomic E-state index is 0. The first-order valence-electron chi connectivity index (χ1n) is 3.18. The standard InChI is InChI=1S/C4H4O4.C3H8.H3N/c5-3(6)1-2-4(7)8;1-3-2;/h1-2H,(H,5,6)(H,7,8);3H2,1-2H3;1H3/b2-1+;;. The molecule has 0 radical (unpaired) electrons. The van der Waals surface area contributed by atoms with E-state index in [0.29, 0.717) is 12.2 Å². The molecule has 0 saturated carbocycles. The van der Waals surface area contributed by atoms with Gasteiger partial charge < -0.3 is 16.4 Å². The van der Waals surface area contributed by atoms with E-state index in [2.05, 4.69) is 13.8 Å². The number of rotatable bonds is 2. The van der Waals surface area contributed by atoms with Crippen LogP contribution in [0.15, 0.2) is 12.2 Å². The van der Waals surface area contributed by atoms with Crippen molar-refractivity contribution in [3.05, 3.63) is 12.2 Å². The molecule has 0 atom stereocenters. The average molecular weight is 177 g/mol. The number of hydrogen-bond acceptors (Lipinski definition) is 3. The average Bonchev–Trinajstić information content (AvgIpc) is 1.85. The van der Waals surface area contributed by atoms with Gasteiger partial charge in [0.05, 0.1) is 0 Å². The number of aliphatic carboxylic acids is 2. The molecule has 0 heterocycles. The molecule has 0 spiro atoms. The smallest absolute Gasteiger partial charge is 0.328 e. The fourth-order valence-electron chi connectivity index (χ4n) is 0.143. The zero-order valence-corrected chi connectivity index (χ0v) is 7.28. The van der Waals surface area contributed by atoms with Gasteiger partial charge in [0.25, 0.3) is 0 Å². The van der Waals surface area contributed by atoms with E-state index in [1.165, 1.54) is 6.42 Å². The Morgan fingerprint density at radius 3 is 1.33 bits per heavy atom.